The van der Waals surface area contributed by atoms with E-state index in [1.165, 1.54) is 25.7 Å². The number of nitrogens with one attached hydrogen (secondary N) is 2. The van der Waals surface area contributed by atoms with Gasteiger partial charge in [0, 0.05) is 11.6 Å². The van der Waals surface area contributed by atoms with Gasteiger partial charge in [-0.2, -0.15) is 0 Å². The second kappa shape index (κ2) is 6.60. The van der Waals surface area contributed by atoms with Gasteiger partial charge in [-0.1, -0.05) is 30.5 Å². The second-order valence-electron chi connectivity index (χ2n) is 5.88. The lowest BCUT2D eigenvalue weighted by Gasteiger charge is -2.13. The molecule has 0 atom stereocenters. The van der Waals surface area contributed by atoms with Gasteiger partial charge in [0.2, 0.25) is 0 Å². The monoisotopic (exact) mass is 295 g/mol. The van der Waals surface area contributed by atoms with Crippen molar-refractivity contribution >= 4 is 17.4 Å². The van der Waals surface area contributed by atoms with Crippen LogP contribution in [-0.2, 0) is 0 Å². The van der Waals surface area contributed by atoms with E-state index in [-0.39, 0.29) is 5.91 Å². The van der Waals surface area contributed by atoms with E-state index in [4.69, 9.17) is 0 Å². The highest BCUT2D eigenvalue weighted by Crippen LogP contribution is 2.21. The first-order valence-electron chi connectivity index (χ1n) is 7.81. The highest BCUT2D eigenvalue weighted by atomic mass is 16.1. The summed E-state index contributed by atoms with van der Waals surface area (Å²) in [5.74, 6) is 0.763. The van der Waals surface area contributed by atoms with Gasteiger partial charge in [0.15, 0.2) is 0 Å². The molecule has 0 radical (unpaired) electrons. The summed E-state index contributed by atoms with van der Waals surface area (Å²) in [7, 11) is 0. The van der Waals surface area contributed by atoms with Crippen molar-refractivity contribution in [1.29, 1.82) is 0 Å². The van der Waals surface area contributed by atoms with Crippen molar-refractivity contribution in [1.82, 2.24) is 4.98 Å². The van der Waals surface area contributed by atoms with E-state index in [0.717, 1.165) is 11.4 Å². The quantitative estimate of drug-likeness (QED) is 0.896. The molecule has 22 heavy (non-hydrogen) atoms. The van der Waals surface area contributed by atoms with Crippen LogP contribution in [0.3, 0.4) is 0 Å². The minimum absolute atomic E-state index is 0.113. The van der Waals surface area contributed by atoms with E-state index in [0.29, 0.717) is 17.3 Å². The van der Waals surface area contributed by atoms with Crippen LogP contribution in [0.2, 0.25) is 0 Å². The van der Waals surface area contributed by atoms with Crippen LogP contribution in [0.4, 0.5) is 11.5 Å². The van der Waals surface area contributed by atoms with Crippen molar-refractivity contribution in [3.8, 4) is 0 Å². The van der Waals surface area contributed by atoms with Crippen LogP contribution in [0.25, 0.3) is 0 Å². The Morgan fingerprint density at radius 2 is 1.82 bits per heavy atom. The molecule has 1 fully saturated rings. The molecule has 0 aliphatic heterocycles. The molecule has 1 amide bonds. The van der Waals surface area contributed by atoms with Gasteiger partial charge < -0.3 is 10.6 Å². The van der Waals surface area contributed by atoms with Crippen LogP contribution in [0.1, 0.15) is 41.6 Å². The summed E-state index contributed by atoms with van der Waals surface area (Å²) in [4.78, 5) is 16.5. The molecule has 1 heterocycles. The number of nitrogens with zero attached hydrogens (tertiary/aromatic N) is 1. The molecule has 0 spiro atoms. The molecule has 1 aromatic heterocycles. The average molecular weight is 295 g/mol. The zero-order valence-electron chi connectivity index (χ0n) is 12.8. The Morgan fingerprint density at radius 3 is 2.45 bits per heavy atom. The van der Waals surface area contributed by atoms with Crippen LogP contribution < -0.4 is 10.6 Å². The predicted octanol–water partition coefficient (Wildman–Crippen LogP) is 4.00. The topological polar surface area (TPSA) is 54.0 Å². The Morgan fingerprint density at radius 1 is 1.09 bits per heavy atom. The maximum Gasteiger partial charge on any atom is 0.255 e. The lowest BCUT2D eigenvalue weighted by Crippen LogP contribution is -2.16. The number of aromatic nitrogens is 1. The normalized spacial score (nSPS) is 14.8. The van der Waals surface area contributed by atoms with Crippen molar-refractivity contribution < 1.29 is 4.79 Å². The summed E-state index contributed by atoms with van der Waals surface area (Å²) in [5.41, 5.74) is 2.50. The molecule has 1 aliphatic rings. The van der Waals surface area contributed by atoms with Crippen LogP contribution in [0, 0.1) is 6.92 Å². The molecular weight excluding hydrogens is 274 g/mol. The molecule has 2 N–H and O–H groups in total. The lowest BCUT2D eigenvalue weighted by atomic mass is 10.1. The van der Waals surface area contributed by atoms with Gasteiger partial charge >= 0.3 is 0 Å². The largest absolute Gasteiger partial charge is 0.367 e. The molecule has 0 bridgehead atoms. The Kier molecular flexibility index (Phi) is 4.37. The third-order valence-corrected chi connectivity index (χ3v) is 4.04. The predicted molar refractivity (Wildman–Crippen MR) is 89.2 cm³/mol. The van der Waals surface area contributed by atoms with Crippen molar-refractivity contribution in [2.45, 2.75) is 38.6 Å². The molecule has 2 aromatic rings. The third kappa shape index (κ3) is 3.64. The summed E-state index contributed by atoms with van der Waals surface area (Å²) in [6, 6.07) is 11.9. The number of hydrogen-bond donors (Lipinski definition) is 2. The summed E-state index contributed by atoms with van der Waals surface area (Å²) in [6.07, 6.45) is 6.72. The van der Waals surface area contributed by atoms with E-state index in [9.17, 15) is 4.79 Å². The highest BCUT2D eigenvalue weighted by Gasteiger charge is 2.14. The standard InChI is InChI=1S/C18H21N3O/c1-13-6-8-14(9-7-13)18(22)21-16-10-11-17(19-12-16)20-15-4-2-3-5-15/h6-12,15H,2-5H2,1H3,(H,19,20)(H,21,22). The molecule has 0 unspecified atom stereocenters. The summed E-state index contributed by atoms with van der Waals surface area (Å²) in [5, 5.41) is 6.30. The van der Waals surface area contributed by atoms with E-state index in [1.807, 2.05) is 43.3 Å². The maximum atomic E-state index is 12.1. The van der Waals surface area contributed by atoms with E-state index >= 15 is 0 Å². The molecule has 1 aromatic carbocycles. The highest BCUT2D eigenvalue weighted by molar-refractivity contribution is 6.04. The van der Waals surface area contributed by atoms with Gasteiger partial charge in [-0.25, -0.2) is 4.98 Å². The number of benzene rings is 1. The second-order valence-corrected chi connectivity index (χ2v) is 5.88. The van der Waals surface area contributed by atoms with Crippen molar-refractivity contribution in [2.75, 3.05) is 10.6 Å². The van der Waals surface area contributed by atoms with E-state index in [2.05, 4.69) is 15.6 Å². The van der Waals surface area contributed by atoms with Crippen molar-refractivity contribution in [3.63, 3.8) is 0 Å². The Balaban J connectivity index is 1.60. The molecule has 4 heteroatoms. The summed E-state index contributed by atoms with van der Waals surface area (Å²) < 4.78 is 0. The van der Waals surface area contributed by atoms with Crippen LogP contribution in [0.5, 0.6) is 0 Å². The zero-order chi connectivity index (χ0) is 15.4. The van der Waals surface area contributed by atoms with Crippen molar-refractivity contribution in [2.24, 2.45) is 0 Å². The zero-order valence-corrected chi connectivity index (χ0v) is 12.8. The number of amides is 1. The van der Waals surface area contributed by atoms with Gasteiger partial charge in [0.05, 0.1) is 11.9 Å². The smallest absolute Gasteiger partial charge is 0.255 e. The van der Waals surface area contributed by atoms with Crippen molar-refractivity contribution in [3.05, 3.63) is 53.7 Å². The third-order valence-electron chi connectivity index (χ3n) is 4.04. The van der Waals surface area contributed by atoms with Crippen LogP contribution in [0.15, 0.2) is 42.6 Å². The first-order valence-corrected chi connectivity index (χ1v) is 7.81. The number of anilines is 2. The molecule has 1 saturated carbocycles. The fourth-order valence-corrected chi connectivity index (χ4v) is 2.74. The van der Waals surface area contributed by atoms with Gasteiger partial charge in [0.25, 0.3) is 5.91 Å². The molecule has 0 saturated heterocycles. The minimum Gasteiger partial charge on any atom is -0.367 e. The van der Waals surface area contributed by atoms with Gasteiger partial charge in [-0.3, -0.25) is 4.79 Å². The number of aryl methyl sites for hydroxylation is 1. The number of carbonyl (C=O) groups excluding carboxylic acids is 1. The molecule has 3 rings (SSSR count). The maximum absolute atomic E-state index is 12.1. The molecule has 114 valence electrons. The van der Waals surface area contributed by atoms with Gasteiger partial charge in [0.1, 0.15) is 5.82 Å². The van der Waals surface area contributed by atoms with E-state index in [1.54, 1.807) is 6.20 Å². The van der Waals surface area contributed by atoms with Gasteiger partial charge in [-0.05, 0) is 44.0 Å². The number of pyridine rings is 1. The number of hydrogen-bond acceptors (Lipinski definition) is 3. The molecule has 1 aliphatic carbocycles. The fraction of sp³-hybridized carbons (Fsp3) is 0.333. The first-order chi connectivity index (χ1) is 10.7. The average Bonchev–Trinajstić information content (AvgIpc) is 3.03. The fourth-order valence-electron chi connectivity index (χ4n) is 2.74. The van der Waals surface area contributed by atoms with Crippen LogP contribution >= 0.6 is 0 Å². The Labute approximate surface area is 131 Å². The first kappa shape index (κ1) is 14.6. The Bertz CT molecular complexity index is 628. The minimum atomic E-state index is -0.113. The van der Waals surface area contributed by atoms with Gasteiger partial charge in [-0.15, -0.1) is 0 Å². The Hall–Kier alpha value is -2.36. The van der Waals surface area contributed by atoms with E-state index < -0.39 is 0 Å². The summed E-state index contributed by atoms with van der Waals surface area (Å²) >= 11 is 0. The molecule has 4 nitrogen and oxygen atoms in total. The number of rotatable bonds is 4. The van der Waals surface area contributed by atoms with Crippen LogP contribution in [-0.4, -0.2) is 16.9 Å². The molecular formula is C18H21N3O. The SMILES string of the molecule is Cc1ccc(C(=O)Nc2ccc(NC3CCCC3)nc2)cc1. The number of carbonyl (C=O) groups is 1. The lowest BCUT2D eigenvalue weighted by molar-refractivity contribution is 0.102. The summed E-state index contributed by atoms with van der Waals surface area (Å²) in [6.45, 7) is 2.00.